The zero-order valence-electron chi connectivity index (χ0n) is 13.6. The lowest BCUT2D eigenvalue weighted by atomic mass is 10.1. The molecule has 0 atom stereocenters. The van der Waals surface area contributed by atoms with E-state index < -0.39 is 26.6 Å². The third kappa shape index (κ3) is 4.02. The van der Waals surface area contributed by atoms with Gasteiger partial charge in [0.25, 0.3) is 0 Å². The van der Waals surface area contributed by atoms with Crippen LogP contribution in [0.4, 0.5) is 25.3 Å². The van der Waals surface area contributed by atoms with Gasteiger partial charge in [-0.1, -0.05) is 11.3 Å². The summed E-state index contributed by atoms with van der Waals surface area (Å²) in [4.78, 5) is -0.978. The molecule has 0 bridgehead atoms. The number of halogens is 3. The van der Waals surface area contributed by atoms with Crippen molar-refractivity contribution >= 4 is 60.5 Å². The Labute approximate surface area is 171 Å². The molecular weight excluding hydrogens is 511 g/mol. The van der Waals surface area contributed by atoms with Gasteiger partial charge in [0, 0.05) is 14.8 Å². The number of nitrogen functional groups attached to an aromatic ring is 1. The summed E-state index contributed by atoms with van der Waals surface area (Å²) in [6.07, 6.45) is 0. The van der Waals surface area contributed by atoms with Gasteiger partial charge in [0.2, 0.25) is 15.2 Å². The molecule has 3 rings (SSSR count). The molecule has 12 heteroatoms. The van der Waals surface area contributed by atoms with E-state index in [1.165, 1.54) is 0 Å². The van der Waals surface area contributed by atoms with Crippen molar-refractivity contribution in [1.29, 1.82) is 0 Å². The van der Waals surface area contributed by atoms with Gasteiger partial charge in [0.05, 0.1) is 5.69 Å². The van der Waals surface area contributed by atoms with Crippen LogP contribution in [0.1, 0.15) is 5.56 Å². The smallest absolute Gasteiger partial charge is 0.241 e. The van der Waals surface area contributed by atoms with Crippen LogP contribution in [-0.4, -0.2) is 18.6 Å². The molecule has 7 nitrogen and oxygen atoms in total. The molecule has 0 fully saturated rings. The molecule has 0 saturated heterocycles. The summed E-state index contributed by atoms with van der Waals surface area (Å²) in [5, 5.41) is 15.4. The molecule has 0 aliphatic heterocycles. The average molecular weight is 523 g/mol. The molecule has 0 amide bonds. The highest BCUT2D eigenvalue weighted by atomic mass is 127. The number of rotatable bonds is 4. The molecule has 0 radical (unpaired) electrons. The second kappa shape index (κ2) is 7.26. The lowest BCUT2D eigenvalue weighted by Crippen LogP contribution is -2.16. The van der Waals surface area contributed by atoms with E-state index in [1.54, 1.807) is 19.1 Å². The monoisotopic (exact) mass is 523 g/mol. The highest BCUT2D eigenvalue weighted by molar-refractivity contribution is 14.1. The van der Waals surface area contributed by atoms with E-state index in [2.05, 4.69) is 38.1 Å². The van der Waals surface area contributed by atoms with Crippen molar-refractivity contribution in [3.05, 3.63) is 45.0 Å². The lowest BCUT2D eigenvalue weighted by Gasteiger charge is -2.16. The first-order valence-corrected chi connectivity index (χ1v) is 10.7. The zero-order chi connectivity index (χ0) is 19.9. The van der Waals surface area contributed by atoms with Crippen LogP contribution in [0.15, 0.2) is 29.2 Å². The third-order valence-corrected chi connectivity index (χ3v) is 5.97. The second-order valence-corrected chi connectivity index (χ2v) is 9.28. The summed E-state index contributed by atoms with van der Waals surface area (Å²) in [5.41, 5.74) is 6.54. The minimum Gasteiger partial charge on any atom is -0.374 e. The van der Waals surface area contributed by atoms with E-state index in [0.717, 1.165) is 26.5 Å². The molecule has 0 spiro atoms. The number of nitrogens with zero attached hydrogens (tertiary/aromatic N) is 2. The van der Waals surface area contributed by atoms with Gasteiger partial charge in [0.1, 0.15) is 4.90 Å². The molecule has 3 aromatic rings. The Morgan fingerprint density at radius 3 is 2.44 bits per heavy atom. The zero-order valence-corrected chi connectivity index (χ0v) is 17.4. The molecule has 27 heavy (non-hydrogen) atoms. The first-order chi connectivity index (χ1) is 12.6. The Hall–Kier alpha value is -1.90. The Morgan fingerprint density at radius 1 is 1.19 bits per heavy atom. The molecule has 0 aliphatic rings. The van der Waals surface area contributed by atoms with Gasteiger partial charge in [-0.15, -0.1) is 10.2 Å². The fourth-order valence-corrected chi connectivity index (χ4v) is 4.25. The molecule has 1 aromatic heterocycles. The van der Waals surface area contributed by atoms with Crippen molar-refractivity contribution in [2.75, 3.05) is 11.1 Å². The van der Waals surface area contributed by atoms with E-state index >= 15 is 0 Å². The Balaban J connectivity index is 2.27. The second-order valence-electron chi connectivity index (χ2n) is 5.50. The quantitative estimate of drug-likeness (QED) is 0.451. The molecular formula is C15H12F2IN5O2S2. The van der Waals surface area contributed by atoms with Crippen molar-refractivity contribution in [2.24, 2.45) is 5.14 Å². The normalized spacial score (nSPS) is 11.6. The van der Waals surface area contributed by atoms with Gasteiger partial charge in [-0.3, -0.25) is 0 Å². The number of nitrogens with one attached hydrogen (secondary N) is 1. The Kier molecular flexibility index (Phi) is 5.33. The third-order valence-electron chi connectivity index (χ3n) is 3.60. The molecule has 142 valence electrons. The van der Waals surface area contributed by atoms with Crippen molar-refractivity contribution in [2.45, 2.75) is 11.8 Å². The van der Waals surface area contributed by atoms with E-state index in [9.17, 15) is 17.2 Å². The summed E-state index contributed by atoms with van der Waals surface area (Å²) in [5.74, 6) is -2.98. The van der Waals surface area contributed by atoms with Crippen molar-refractivity contribution in [3.8, 4) is 10.6 Å². The maximum atomic E-state index is 14.8. The predicted octanol–water partition coefficient (Wildman–Crippen LogP) is 3.37. The van der Waals surface area contributed by atoms with Gasteiger partial charge in [-0.05, 0) is 59.3 Å². The number of hydrogen-bond acceptors (Lipinski definition) is 7. The molecule has 0 aliphatic carbocycles. The van der Waals surface area contributed by atoms with E-state index in [1.807, 2.05) is 6.07 Å². The summed E-state index contributed by atoms with van der Waals surface area (Å²) in [7, 11) is -4.50. The topological polar surface area (TPSA) is 124 Å². The van der Waals surface area contributed by atoms with Crippen LogP contribution in [0.3, 0.4) is 0 Å². The van der Waals surface area contributed by atoms with Crippen LogP contribution in [0.25, 0.3) is 10.6 Å². The van der Waals surface area contributed by atoms with Crippen LogP contribution in [0, 0.1) is 22.1 Å². The van der Waals surface area contributed by atoms with Gasteiger partial charge in [-0.2, -0.15) is 0 Å². The highest BCUT2D eigenvalue weighted by Crippen LogP contribution is 2.39. The Bertz CT molecular complexity index is 1150. The first kappa shape index (κ1) is 19.9. The van der Waals surface area contributed by atoms with Gasteiger partial charge in [0.15, 0.2) is 16.6 Å². The van der Waals surface area contributed by atoms with E-state index in [-0.39, 0.29) is 21.4 Å². The summed E-state index contributed by atoms with van der Waals surface area (Å²) < 4.78 is 53.5. The average Bonchev–Trinajstić information content (AvgIpc) is 2.99. The number of aromatic nitrogens is 2. The fraction of sp³-hybridized carbons (Fsp3) is 0.0667. The number of benzene rings is 2. The van der Waals surface area contributed by atoms with Crippen LogP contribution in [-0.2, 0) is 10.0 Å². The van der Waals surface area contributed by atoms with E-state index in [4.69, 9.17) is 10.9 Å². The maximum absolute atomic E-state index is 14.8. The molecule has 2 aromatic carbocycles. The maximum Gasteiger partial charge on any atom is 0.241 e. The number of hydrogen-bond donors (Lipinski definition) is 3. The summed E-state index contributed by atoms with van der Waals surface area (Å²) >= 11 is 3.02. The van der Waals surface area contributed by atoms with Crippen LogP contribution >= 0.6 is 33.9 Å². The van der Waals surface area contributed by atoms with Crippen molar-refractivity contribution < 1.29 is 17.2 Å². The van der Waals surface area contributed by atoms with Crippen molar-refractivity contribution in [1.82, 2.24) is 10.2 Å². The van der Waals surface area contributed by atoms with Gasteiger partial charge >= 0.3 is 0 Å². The van der Waals surface area contributed by atoms with Crippen LogP contribution in [0.5, 0.6) is 0 Å². The largest absolute Gasteiger partial charge is 0.374 e. The van der Waals surface area contributed by atoms with Gasteiger partial charge < -0.3 is 11.1 Å². The summed E-state index contributed by atoms with van der Waals surface area (Å²) in [6.45, 7) is 1.79. The number of sulfonamides is 1. The van der Waals surface area contributed by atoms with E-state index in [0.29, 0.717) is 5.69 Å². The molecule has 0 unspecified atom stereocenters. The molecule has 0 saturated carbocycles. The lowest BCUT2D eigenvalue weighted by molar-refractivity contribution is 0.488. The minimum absolute atomic E-state index is 0.0231. The Morgan fingerprint density at radius 2 is 1.89 bits per heavy atom. The molecule has 5 N–H and O–H groups in total. The fourth-order valence-electron chi connectivity index (χ4n) is 2.35. The number of anilines is 3. The highest BCUT2D eigenvalue weighted by Gasteiger charge is 2.26. The number of nitrogens with two attached hydrogens (primary N) is 2. The number of primary sulfonamides is 1. The van der Waals surface area contributed by atoms with Crippen LogP contribution < -0.4 is 16.2 Å². The SMILES string of the molecule is Cc1cc(I)ccc1Nc1c(-c2nnc(N)s2)cc(S(N)(=O)=O)c(F)c1F. The standard InChI is InChI=1S/C15H12F2IN5O2S2/c1-6-4-7(18)2-3-9(6)21-13-8(14-22-23-15(19)26-14)5-10(27(20,24)25)11(16)12(13)17/h2-5,21H,1H3,(H2,19,23)(H2,20,24,25). The number of aryl methyl sites for hydroxylation is 1. The minimum atomic E-state index is -4.50. The first-order valence-electron chi connectivity index (χ1n) is 7.25. The van der Waals surface area contributed by atoms with Gasteiger partial charge in [-0.25, -0.2) is 22.3 Å². The van der Waals surface area contributed by atoms with Crippen molar-refractivity contribution in [3.63, 3.8) is 0 Å². The summed E-state index contributed by atoms with van der Waals surface area (Å²) in [6, 6.07) is 6.24. The predicted molar refractivity (Wildman–Crippen MR) is 108 cm³/mol. The van der Waals surface area contributed by atoms with Crippen LogP contribution in [0.2, 0.25) is 0 Å². The molecule has 1 heterocycles.